The molecule has 0 N–H and O–H groups in total. The van der Waals surface area contributed by atoms with E-state index in [9.17, 15) is 28.8 Å². The van der Waals surface area contributed by atoms with Crippen molar-refractivity contribution in [1.29, 1.82) is 0 Å². The van der Waals surface area contributed by atoms with Gasteiger partial charge in [-0.2, -0.15) is 0 Å². The molecule has 0 saturated carbocycles. The lowest BCUT2D eigenvalue weighted by molar-refractivity contribution is -0.197. The molecule has 0 aliphatic carbocycles. The molecule has 0 radical (unpaired) electrons. The molecule has 10 heteroatoms. The van der Waals surface area contributed by atoms with Crippen molar-refractivity contribution in [3.8, 4) is 0 Å². The summed E-state index contributed by atoms with van der Waals surface area (Å²) in [6.45, 7) is 5.48. The van der Waals surface area contributed by atoms with Crippen molar-refractivity contribution in [2.24, 2.45) is 0 Å². The molecule has 0 aromatic carbocycles. The summed E-state index contributed by atoms with van der Waals surface area (Å²) in [4.78, 5) is 69.0. The molecule has 0 fully saturated rings. The van der Waals surface area contributed by atoms with E-state index in [-0.39, 0.29) is 12.7 Å². The van der Waals surface area contributed by atoms with Gasteiger partial charge < -0.3 is 18.9 Å². The molecule has 0 aliphatic rings. The SMILES string of the molecule is CCC(=O)[C@@H](OC(C)=O)[C@H](OC(C)=O)[C@H](OC(C)=O)[C@H](C=O)OC(C)=O. The van der Waals surface area contributed by atoms with Crippen LogP contribution in [0.2, 0.25) is 0 Å². The van der Waals surface area contributed by atoms with Crippen LogP contribution in [0.25, 0.3) is 0 Å². The lowest BCUT2D eigenvalue weighted by Crippen LogP contribution is -2.54. The smallest absolute Gasteiger partial charge is 0.303 e. The Balaban J connectivity index is 6.13. The lowest BCUT2D eigenvalue weighted by Gasteiger charge is -2.33. The summed E-state index contributed by atoms with van der Waals surface area (Å²) in [6, 6.07) is 0. The Hall–Kier alpha value is -2.78. The number of hydrogen-bond acceptors (Lipinski definition) is 10. The molecule has 4 atom stereocenters. The minimum atomic E-state index is -1.70. The fraction of sp³-hybridized carbons (Fsp3) is 0.625. The van der Waals surface area contributed by atoms with E-state index in [0.29, 0.717) is 0 Å². The Morgan fingerprint density at radius 1 is 0.731 bits per heavy atom. The Labute approximate surface area is 150 Å². The molecule has 0 aliphatic heterocycles. The predicted octanol–water partition coefficient (Wildman–Crippen LogP) is -0.109. The standard InChI is InChI=1S/C16H22O10/c1-6-12(22)14(24-9(3)19)16(26-11(5)21)15(25-10(4)20)13(7-17)23-8(2)18/h7,13-16H,6H2,1-5H3/t13-,14+,15+,16-/m0/s1. The number of Topliss-reactive ketones (excluding diaryl/α,β-unsaturated/α-hetero) is 1. The fourth-order valence-electron chi connectivity index (χ4n) is 2.07. The molecule has 10 nitrogen and oxygen atoms in total. The number of ether oxygens (including phenoxy) is 4. The Bertz CT molecular complexity index is 567. The van der Waals surface area contributed by atoms with Crippen LogP contribution in [-0.4, -0.2) is 60.4 Å². The van der Waals surface area contributed by atoms with Crippen LogP contribution in [0.5, 0.6) is 0 Å². The monoisotopic (exact) mass is 374 g/mol. The van der Waals surface area contributed by atoms with E-state index in [1.807, 2.05) is 0 Å². The van der Waals surface area contributed by atoms with Crippen molar-refractivity contribution >= 4 is 35.9 Å². The number of ketones is 1. The minimum absolute atomic E-state index is 0.109. The van der Waals surface area contributed by atoms with E-state index in [2.05, 4.69) is 0 Å². The lowest BCUT2D eigenvalue weighted by atomic mass is 9.98. The van der Waals surface area contributed by atoms with Gasteiger partial charge in [0.15, 0.2) is 30.4 Å². The van der Waals surface area contributed by atoms with Crippen LogP contribution in [-0.2, 0) is 47.7 Å². The van der Waals surface area contributed by atoms with Crippen LogP contribution in [0.1, 0.15) is 41.0 Å². The first-order chi connectivity index (χ1) is 12.0. The molecule has 0 unspecified atom stereocenters. The van der Waals surface area contributed by atoms with E-state index < -0.39 is 54.1 Å². The highest BCUT2D eigenvalue weighted by Gasteiger charge is 2.45. The van der Waals surface area contributed by atoms with Crippen molar-refractivity contribution in [2.45, 2.75) is 65.5 Å². The van der Waals surface area contributed by atoms with Crippen molar-refractivity contribution in [2.75, 3.05) is 0 Å². The summed E-state index contributed by atoms with van der Waals surface area (Å²) < 4.78 is 19.6. The second-order valence-electron chi connectivity index (χ2n) is 5.21. The van der Waals surface area contributed by atoms with Gasteiger partial charge in [0.05, 0.1) is 0 Å². The van der Waals surface area contributed by atoms with Gasteiger partial charge in [-0.15, -0.1) is 0 Å². The normalized spacial score (nSPS) is 14.8. The van der Waals surface area contributed by atoms with E-state index in [1.54, 1.807) is 0 Å². The molecular formula is C16H22O10. The molecule has 146 valence electrons. The predicted molar refractivity (Wildman–Crippen MR) is 83.6 cm³/mol. The number of hydrogen-bond donors (Lipinski definition) is 0. The molecule has 0 spiro atoms. The second kappa shape index (κ2) is 11.0. The Morgan fingerprint density at radius 2 is 1.15 bits per heavy atom. The third-order valence-electron chi connectivity index (χ3n) is 2.94. The van der Waals surface area contributed by atoms with Gasteiger partial charge in [-0.25, -0.2) is 0 Å². The zero-order chi connectivity index (χ0) is 20.4. The highest BCUT2D eigenvalue weighted by atomic mass is 16.6. The molecule has 0 rings (SSSR count). The van der Waals surface area contributed by atoms with Crippen LogP contribution >= 0.6 is 0 Å². The zero-order valence-electron chi connectivity index (χ0n) is 15.2. The van der Waals surface area contributed by atoms with E-state index in [4.69, 9.17) is 18.9 Å². The molecule has 0 aromatic heterocycles. The van der Waals surface area contributed by atoms with E-state index in [0.717, 1.165) is 27.7 Å². The third-order valence-corrected chi connectivity index (χ3v) is 2.94. The number of aldehydes is 1. The average Bonchev–Trinajstić information content (AvgIpc) is 2.52. The van der Waals surface area contributed by atoms with E-state index in [1.165, 1.54) is 6.92 Å². The summed E-state index contributed by atoms with van der Waals surface area (Å²) in [5.41, 5.74) is 0. The van der Waals surface area contributed by atoms with Gasteiger partial charge in [-0.3, -0.25) is 28.8 Å². The average molecular weight is 374 g/mol. The van der Waals surface area contributed by atoms with Crippen molar-refractivity contribution < 1.29 is 47.7 Å². The van der Waals surface area contributed by atoms with Gasteiger partial charge in [0.1, 0.15) is 0 Å². The van der Waals surface area contributed by atoms with Crippen LogP contribution < -0.4 is 0 Å². The van der Waals surface area contributed by atoms with Crippen LogP contribution in [0.3, 0.4) is 0 Å². The largest absolute Gasteiger partial charge is 0.454 e. The third kappa shape index (κ3) is 7.86. The molecule has 0 saturated heterocycles. The summed E-state index contributed by atoms with van der Waals surface area (Å²) in [5, 5.41) is 0. The van der Waals surface area contributed by atoms with Gasteiger partial charge >= 0.3 is 23.9 Å². The summed E-state index contributed by atoms with van der Waals surface area (Å²) in [7, 11) is 0. The highest BCUT2D eigenvalue weighted by Crippen LogP contribution is 2.20. The second-order valence-corrected chi connectivity index (χ2v) is 5.21. The minimum Gasteiger partial charge on any atom is -0.454 e. The highest BCUT2D eigenvalue weighted by molar-refractivity contribution is 5.86. The molecule has 26 heavy (non-hydrogen) atoms. The van der Waals surface area contributed by atoms with Gasteiger partial charge in [0, 0.05) is 34.1 Å². The number of carbonyl (C=O) groups excluding carboxylic acids is 6. The van der Waals surface area contributed by atoms with Crippen LogP contribution in [0.15, 0.2) is 0 Å². The van der Waals surface area contributed by atoms with Crippen molar-refractivity contribution in [3.05, 3.63) is 0 Å². The maximum absolute atomic E-state index is 12.2. The number of carbonyl (C=O) groups is 6. The molecule has 0 bridgehead atoms. The summed E-state index contributed by atoms with van der Waals surface area (Å²) in [6.07, 6.45) is -6.71. The maximum Gasteiger partial charge on any atom is 0.303 e. The quantitative estimate of drug-likeness (QED) is 0.289. The Morgan fingerprint density at radius 3 is 1.50 bits per heavy atom. The fourth-order valence-corrected chi connectivity index (χ4v) is 2.07. The first kappa shape index (κ1) is 23.2. The zero-order valence-corrected chi connectivity index (χ0v) is 15.2. The van der Waals surface area contributed by atoms with E-state index >= 15 is 0 Å². The summed E-state index contributed by atoms with van der Waals surface area (Å²) in [5.74, 6) is -4.22. The van der Waals surface area contributed by atoms with Crippen molar-refractivity contribution in [1.82, 2.24) is 0 Å². The first-order valence-electron chi connectivity index (χ1n) is 7.70. The first-order valence-corrected chi connectivity index (χ1v) is 7.70. The summed E-state index contributed by atoms with van der Waals surface area (Å²) >= 11 is 0. The number of rotatable bonds is 10. The molecule has 0 heterocycles. The maximum atomic E-state index is 12.2. The Kier molecular flexibility index (Phi) is 9.78. The van der Waals surface area contributed by atoms with Crippen LogP contribution in [0.4, 0.5) is 0 Å². The topological polar surface area (TPSA) is 139 Å². The van der Waals surface area contributed by atoms with Gasteiger partial charge in [0.2, 0.25) is 6.10 Å². The molecule has 0 aromatic rings. The van der Waals surface area contributed by atoms with Gasteiger partial charge in [0.25, 0.3) is 0 Å². The van der Waals surface area contributed by atoms with Crippen molar-refractivity contribution in [3.63, 3.8) is 0 Å². The number of esters is 4. The van der Waals surface area contributed by atoms with Crippen LogP contribution in [0, 0.1) is 0 Å². The molecular weight excluding hydrogens is 352 g/mol. The van der Waals surface area contributed by atoms with Gasteiger partial charge in [-0.1, -0.05) is 6.92 Å². The molecule has 0 amide bonds. The van der Waals surface area contributed by atoms with Gasteiger partial charge in [-0.05, 0) is 0 Å².